The van der Waals surface area contributed by atoms with Gasteiger partial charge < -0.3 is 15.2 Å². The van der Waals surface area contributed by atoms with Crippen LogP contribution in [0.5, 0.6) is 0 Å². The fourth-order valence-corrected chi connectivity index (χ4v) is 3.63. The van der Waals surface area contributed by atoms with Gasteiger partial charge in [-0.3, -0.25) is 10.1 Å². The molecule has 0 radical (unpaired) electrons. The van der Waals surface area contributed by atoms with E-state index in [1.54, 1.807) is 6.07 Å². The molecule has 3 unspecified atom stereocenters. The number of carbonyl (C=O) groups excluding carboxylic acids is 1. The number of rotatable bonds is 10. The van der Waals surface area contributed by atoms with Gasteiger partial charge in [0.25, 0.3) is 5.91 Å². The highest BCUT2D eigenvalue weighted by atomic mass is 32.2. The Morgan fingerprint density at radius 2 is 2.33 bits per heavy atom. The highest BCUT2D eigenvalue weighted by Gasteiger charge is 2.32. The van der Waals surface area contributed by atoms with Gasteiger partial charge >= 0.3 is 0 Å². The number of nitrogens with one attached hydrogen (secondary N) is 4. The van der Waals surface area contributed by atoms with Crippen molar-refractivity contribution in [1.82, 2.24) is 25.8 Å². The van der Waals surface area contributed by atoms with E-state index in [0.29, 0.717) is 31.0 Å². The molecule has 1 aromatic rings. The molecule has 0 spiro atoms. The molecule has 136 valence electrons. The number of nitrogens with zero attached hydrogens (tertiary/aromatic N) is 1. The van der Waals surface area contributed by atoms with Crippen molar-refractivity contribution < 1.29 is 13.5 Å². The van der Waals surface area contributed by atoms with Gasteiger partial charge in [-0.15, -0.1) is 0 Å². The molecule has 1 aliphatic heterocycles. The van der Waals surface area contributed by atoms with E-state index in [0.717, 1.165) is 12.8 Å². The number of aryl methyl sites for hydroxylation is 1. The Balaban J connectivity index is 1.58. The number of hydrogen-bond acceptors (Lipinski definition) is 6. The molecular formula is C15H27N5O3S. The Hall–Kier alpha value is -1.29. The monoisotopic (exact) mass is 357 g/mol. The fraction of sp³-hybridized carbons (Fsp3) is 0.733. The van der Waals surface area contributed by atoms with Gasteiger partial charge in [0.05, 0.1) is 5.37 Å². The summed E-state index contributed by atoms with van der Waals surface area (Å²) in [6, 6.07) is 2.23. The average Bonchev–Trinajstić information content (AvgIpc) is 3.03. The molecule has 2 rings (SSSR count). The second kappa shape index (κ2) is 9.26. The smallest absolute Gasteiger partial charge is 0.273 e. The molecule has 8 nitrogen and oxygen atoms in total. The van der Waals surface area contributed by atoms with E-state index >= 15 is 0 Å². The maximum absolute atomic E-state index is 12.0. The Kier molecular flexibility index (Phi) is 7.35. The normalized spacial score (nSPS) is 22.6. The fourth-order valence-electron chi connectivity index (χ4n) is 2.29. The van der Waals surface area contributed by atoms with Crippen LogP contribution in [0.2, 0.25) is 0 Å². The maximum Gasteiger partial charge on any atom is 0.273 e. The van der Waals surface area contributed by atoms with Crippen molar-refractivity contribution in [2.24, 2.45) is 0 Å². The first-order valence-electron chi connectivity index (χ1n) is 8.34. The Bertz CT molecular complexity index is 559. The first-order valence-corrected chi connectivity index (χ1v) is 9.56. The number of amides is 1. The molecule has 9 heteroatoms. The Labute approximate surface area is 145 Å². The third-order valence-corrected chi connectivity index (χ3v) is 5.42. The minimum Gasteiger partial charge on any atom is -0.361 e. The molecule has 0 aliphatic carbocycles. The van der Waals surface area contributed by atoms with Gasteiger partial charge in [-0.25, -0.2) is 8.93 Å². The summed E-state index contributed by atoms with van der Waals surface area (Å²) in [5.41, 5.74) is 0.315. The van der Waals surface area contributed by atoms with Crippen LogP contribution >= 0.6 is 0 Å². The summed E-state index contributed by atoms with van der Waals surface area (Å²) in [6.45, 7) is 5.19. The van der Waals surface area contributed by atoms with Crippen molar-refractivity contribution in [3.63, 3.8) is 0 Å². The molecule has 24 heavy (non-hydrogen) atoms. The third-order valence-electron chi connectivity index (χ3n) is 4.12. The van der Waals surface area contributed by atoms with E-state index in [2.05, 4.69) is 25.8 Å². The van der Waals surface area contributed by atoms with Crippen LogP contribution in [0.25, 0.3) is 0 Å². The van der Waals surface area contributed by atoms with Crippen LogP contribution in [-0.4, -0.2) is 52.9 Å². The van der Waals surface area contributed by atoms with E-state index in [-0.39, 0.29) is 23.4 Å². The van der Waals surface area contributed by atoms with Crippen LogP contribution in [0, 0.1) is 0 Å². The largest absolute Gasteiger partial charge is 0.361 e. The summed E-state index contributed by atoms with van der Waals surface area (Å²) in [5, 5.41) is 12.9. The number of carbonyl (C=O) groups is 1. The quantitative estimate of drug-likeness (QED) is 0.466. The van der Waals surface area contributed by atoms with Gasteiger partial charge in [-0.1, -0.05) is 12.1 Å². The number of hydrogen-bond donors (Lipinski definition) is 4. The van der Waals surface area contributed by atoms with E-state index in [1.807, 2.05) is 20.9 Å². The third kappa shape index (κ3) is 5.37. The zero-order valence-electron chi connectivity index (χ0n) is 14.4. The molecule has 0 aromatic carbocycles. The van der Waals surface area contributed by atoms with Gasteiger partial charge in [0.1, 0.15) is 16.7 Å². The first kappa shape index (κ1) is 19.0. The van der Waals surface area contributed by atoms with Crippen LogP contribution in [0.3, 0.4) is 0 Å². The molecule has 1 fully saturated rings. The number of likely N-dealkylation sites (N-methyl/N-ethyl adjacent to an activating group) is 1. The van der Waals surface area contributed by atoms with Crippen molar-refractivity contribution in [2.45, 2.75) is 50.6 Å². The van der Waals surface area contributed by atoms with Crippen molar-refractivity contribution in [3.05, 3.63) is 17.5 Å². The second-order valence-corrected chi connectivity index (χ2v) is 7.45. The van der Waals surface area contributed by atoms with Crippen molar-refractivity contribution in [3.8, 4) is 0 Å². The molecule has 1 aliphatic rings. The maximum atomic E-state index is 12.0. The van der Waals surface area contributed by atoms with Gasteiger partial charge in [0, 0.05) is 37.7 Å². The van der Waals surface area contributed by atoms with Crippen LogP contribution in [0.15, 0.2) is 10.6 Å². The zero-order valence-corrected chi connectivity index (χ0v) is 15.2. The summed E-state index contributed by atoms with van der Waals surface area (Å²) < 4.78 is 20.0. The molecule has 1 amide bonds. The van der Waals surface area contributed by atoms with Crippen molar-refractivity contribution in [2.75, 3.05) is 20.1 Å². The van der Waals surface area contributed by atoms with Crippen LogP contribution < -0.4 is 20.7 Å². The topological polar surface area (TPSA) is 108 Å². The lowest BCUT2D eigenvalue weighted by atomic mass is 10.0. The zero-order chi connectivity index (χ0) is 17.5. The van der Waals surface area contributed by atoms with Crippen molar-refractivity contribution >= 4 is 16.9 Å². The second-order valence-electron chi connectivity index (χ2n) is 6.00. The molecule has 4 atom stereocenters. The number of aromatic nitrogens is 1. The summed E-state index contributed by atoms with van der Waals surface area (Å²) in [5.74, 6) is 0.479. The highest BCUT2D eigenvalue weighted by molar-refractivity contribution is 7.83. The van der Waals surface area contributed by atoms with Gasteiger partial charge in [0.2, 0.25) is 0 Å². The standard InChI is InChI=1S/C15H27N5O3S/c1-4-12-8-13(20-23-12)15(21)17-6-5-11-7-14(19-11)24(22)18-9-10(2)16-3/h8,10-11,14,16,18-19H,4-7,9H2,1-3H3,(H,17,21)/t10?,11-,14?,24?/m0/s1. The SMILES string of the molecule is CCc1cc(C(=O)NCC[C@H]2CC(S(=O)NCC(C)NC)N2)no1. The molecular weight excluding hydrogens is 330 g/mol. The summed E-state index contributed by atoms with van der Waals surface area (Å²) in [6.07, 6.45) is 2.35. The molecule has 1 aromatic heterocycles. The summed E-state index contributed by atoms with van der Waals surface area (Å²) in [4.78, 5) is 11.9. The van der Waals surface area contributed by atoms with E-state index in [9.17, 15) is 9.00 Å². The van der Waals surface area contributed by atoms with Crippen LogP contribution in [0.1, 0.15) is 42.9 Å². The Morgan fingerprint density at radius 3 is 2.96 bits per heavy atom. The van der Waals surface area contributed by atoms with Gasteiger partial charge in [-0.05, 0) is 26.8 Å². The average molecular weight is 357 g/mol. The highest BCUT2D eigenvalue weighted by Crippen LogP contribution is 2.16. The van der Waals surface area contributed by atoms with Gasteiger partial charge in [0.15, 0.2) is 5.69 Å². The minimum atomic E-state index is -1.07. The van der Waals surface area contributed by atoms with Crippen LogP contribution in [0.4, 0.5) is 0 Å². The molecule has 4 N–H and O–H groups in total. The minimum absolute atomic E-state index is 0.0163. The molecule has 0 bridgehead atoms. The van der Waals surface area contributed by atoms with Crippen molar-refractivity contribution in [1.29, 1.82) is 0 Å². The predicted octanol–water partition coefficient (Wildman–Crippen LogP) is -0.0939. The first-order chi connectivity index (χ1) is 11.5. The predicted molar refractivity (Wildman–Crippen MR) is 92.8 cm³/mol. The van der Waals surface area contributed by atoms with Crippen LogP contribution in [-0.2, 0) is 17.4 Å². The summed E-state index contributed by atoms with van der Waals surface area (Å²) >= 11 is 0. The van der Waals surface area contributed by atoms with E-state index in [1.165, 1.54) is 0 Å². The van der Waals surface area contributed by atoms with E-state index in [4.69, 9.17) is 4.52 Å². The van der Waals surface area contributed by atoms with E-state index < -0.39 is 11.0 Å². The lowest BCUT2D eigenvalue weighted by Gasteiger charge is -2.36. The van der Waals surface area contributed by atoms with Gasteiger partial charge in [-0.2, -0.15) is 0 Å². The lowest BCUT2D eigenvalue weighted by molar-refractivity contribution is 0.0941. The Morgan fingerprint density at radius 1 is 1.58 bits per heavy atom. The molecule has 1 saturated heterocycles. The lowest BCUT2D eigenvalue weighted by Crippen LogP contribution is -2.58. The molecule has 2 heterocycles. The summed E-state index contributed by atoms with van der Waals surface area (Å²) in [7, 11) is 0.804. The molecule has 0 saturated carbocycles.